The van der Waals surface area contributed by atoms with Crippen LogP contribution in [0.5, 0.6) is 0 Å². The molecule has 182 valence electrons. The maximum absolute atomic E-state index is 2.49. The first-order valence-electron chi connectivity index (χ1n) is 13.5. The maximum atomic E-state index is 2.49. The number of hydrogen-bond acceptors (Lipinski definition) is 1. The van der Waals surface area contributed by atoms with Crippen molar-refractivity contribution < 1.29 is 0 Å². The molecule has 5 aromatic rings. The van der Waals surface area contributed by atoms with E-state index in [1.165, 1.54) is 50.4 Å². The first-order valence-corrected chi connectivity index (χ1v) is 13.5. The molecule has 1 nitrogen and oxygen atoms in total. The van der Waals surface area contributed by atoms with E-state index in [9.17, 15) is 0 Å². The average Bonchev–Trinajstić information content (AvgIpc) is 2.98. The van der Waals surface area contributed by atoms with Crippen molar-refractivity contribution in [2.75, 3.05) is 4.90 Å². The molecule has 1 heterocycles. The van der Waals surface area contributed by atoms with Crippen LogP contribution in [-0.2, 0) is 5.41 Å². The van der Waals surface area contributed by atoms with Gasteiger partial charge in [0.2, 0.25) is 0 Å². The van der Waals surface area contributed by atoms with Gasteiger partial charge in [0.15, 0.2) is 0 Å². The van der Waals surface area contributed by atoms with Crippen molar-refractivity contribution in [3.63, 3.8) is 0 Å². The molecule has 1 aliphatic heterocycles. The second-order valence-electron chi connectivity index (χ2n) is 10.1. The van der Waals surface area contributed by atoms with Gasteiger partial charge in [-0.15, -0.1) is 0 Å². The highest BCUT2D eigenvalue weighted by Crippen LogP contribution is 2.55. The first-order chi connectivity index (χ1) is 18.2. The van der Waals surface area contributed by atoms with E-state index in [1.807, 2.05) is 0 Å². The summed E-state index contributed by atoms with van der Waals surface area (Å²) in [7, 11) is 0. The summed E-state index contributed by atoms with van der Waals surface area (Å²) in [6, 6.07) is 46.6. The fourth-order valence-corrected chi connectivity index (χ4v) is 6.29. The molecule has 5 aromatic carbocycles. The summed E-state index contributed by atoms with van der Waals surface area (Å²) in [6.45, 7) is 4.66. The largest absolute Gasteiger partial charge is 0.310 e. The molecule has 1 aliphatic rings. The second kappa shape index (κ2) is 9.75. The predicted molar refractivity (Wildman–Crippen MR) is 158 cm³/mol. The Hall–Kier alpha value is -4.10. The quantitative estimate of drug-likeness (QED) is 0.234. The Morgan fingerprint density at radius 2 is 0.973 bits per heavy atom. The Bertz CT molecular complexity index is 1410. The normalized spacial score (nSPS) is 13.6. The van der Waals surface area contributed by atoms with E-state index in [-0.39, 0.29) is 5.41 Å². The summed E-state index contributed by atoms with van der Waals surface area (Å²) in [4.78, 5) is 2.49. The molecule has 0 atom stereocenters. The molecule has 0 amide bonds. The van der Waals surface area contributed by atoms with E-state index in [4.69, 9.17) is 0 Å². The van der Waals surface area contributed by atoms with Crippen LogP contribution in [0.4, 0.5) is 17.1 Å². The minimum Gasteiger partial charge on any atom is -0.310 e. The minimum atomic E-state index is 0.0255. The summed E-state index contributed by atoms with van der Waals surface area (Å²) in [6.07, 6.45) is 3.38. The van der Waals surface area contributed by atoms with Crippen LogP contribution in [0.1, 0.15) is 44.2 Å². The van der Waals surface area contributed by atoms with Gasteiger partial charge in [-0.25, -0.2) is 0 Å². The van der Waals surface area contributed by atoms with Crippen LogP contribution >= 0.6 is 0 Å². The van der Waals surface area contributed by atoms with Gasteiger partial charge in [-0.2, -0.15) is 0 Å². The lowest BCUT2D eigenvalue weighted by atomic mass is 9.66. The fourth-order valence-electron chi connectivity index (χ4n) is 6.29. The molecule has 0 saturated carbocycles. The Morgan fingerprint density at radius 1 is 0.514 bits per heavy atom. The van der Waals surface area contributed by atoms with E-state index >= 15 is 0 Å². The van der Waals surface area contributed by atoms with Gasteiger partial charge < -0.3 is 4.90 Å². The van der Waals surface area contributed by atoms with Crippen LogP contribution in [0.25, 0.3) is 22.3 Å². The zero-order valence-electron chi connectivity index (χ0n) is 21.7. The minimum absolute atomic E-state index is 0.0255. The number of nitrogens with zero attached hydrogens (tertiary/aromatic N) is 1. The molecule has 0 N–H and O–H groups in total. The topological polar surface area (TPSA) is 3.24 Å². The first kappa shape index (κ1) is 23.3. The molecule has 37 heavy (non-hydrogen) atoms. The van der Waals surface area contributed by atoms with Gasteiger partial charge in [0.25, 0.3) is 0 Å². The Kier molecular flexibility index (Phi) is 6.14. The van der Waals surface area contributed by atoms with E-state index in [1.54, 1.807) is 0 Å². The number of rotatable bonds is 6. The summed E-state index contributed by atoms with van der Waals surface area (Å²) < 4.78 is 0. The van der Waals surface area contributed by atoms with E-state index in [2.05, 4.69) is 146 Å². The lowest BCUT2D eigenvalue weighted by Crippen LogP contribution is -2.35. The van der Waals surface area contributed by atoms with Crippen molar-refractivity contribution in [1.82, 2.24) is 0 Å². The van der Waals surface area contributed by atoms with Crippen LogP contribution in [0, 0.1) is 0 Å². The zero-order valence-corrected chi connectivity index (χ0v) is 21.7. The van der Waals surface area contributed by atoms with Crippen molar-refractivity contribution in [3.05, 3.63) is 139 Å². The third-order valence-corrected chi connectivity index (χ3v) is 7.99. The highest BCUT2D eigenvalue weighted by molar-refractivity contribution is 5.89. The lowest BCUT2D eigenvalue weighted by Gasteiger charge is -2.45. The van der Waals surface area contributed by atoms with Crippen LogP contribution < -0.4 is 4.90 Å². The molecule has 6 rings (SSSR count). The van der Waals surface area contributed by atoms with Crippen molar-refractivity contribution in [1.29, 1.82) is 0 Å². The molecule has 0 aromatic heterocycles. The van der Waals surface area contributed by atoms with E-state index in [0.717, 1.165) is 19.3 Å². The third kappa shape index (κ3) is 3.96. The average molecular weight is 480 g/mol. The van der Waals surface area contributed by atoms with Gasteiger partial charge in [0.1, 0.15) is 0 Å². The number of hydrogen-bond donors (Lipinski definition) is 0. The van der Waals surface area contributed by atoms with Gasteiger partial charge in [0.05, 0.1) is 11.4 Å². The van der Waals surface area contributed by atoms with Gasteiger partial charge in [-0.1, -0.05) is 117 Å². The summed E-state index contributed by atoms with van der Waals surface area (Å²) >= 11 is 0. The number of fused-ring (bicyclic) bond motifs is 2. The van der Waals surface area contributed by atoms with E-state index in [0.29, 0.717) is 0 Å². The van der Waals surface area contributed by atoms with Crippen LogP contribution in [0.15, 0.2) is 127 Å². The van der Waals surface area contributed by atoms with Crippen LogP contribution in [0.3, 0.4) is 0 Å². The molecule has 0 saturated heterocycles. The molecule has 0 unspecified atom stereocenters. The smallest absolute Gasteiger partial charge is 0.0502 e. The predicted octanol–water partition coefficient (Wildman–Crippen LogP) is 10.3. The Labute approximate surface area is 221 Å². The molecule has 0 bridgehead atoms. The van der Waals surface area contributed by atoms with E-state index < -0.39 is 0 Å². The standard InChI is InChI=1S/C36H33N/c1-3-23-36(4-2)32-19-11-13-21-34(32)37(35-22-14-12-20-33(35)36)31-25-29(27-15-7-5-8-16-27)24-30(26-31)28-17-9-6-10-18-28/h5-22,24-26H,3-4,23H2,1-2H3. The molecule has 1 heteroatoms. The second-order valence-corrected chi connectivity index (χ2v) is 10.1. The SMILES string of the molecule is CCCC1(CC)c2ccccc2N(c2cc(-c3ccccc3)cc(-c3ccccc3)c2)c2ccccc21. The molecule has 0 radical (unpaired) electrons. The monoisotopic (exact) mass is 479 g/mol. The van der Waals surface area contributed by atoms with Crippen molar-refractivity contribution in [2.45, 2.75) is 38.5 Å². The molecule has 0 fully saturated rings. The molecule has 0 aliphatic carbocycles. The number of para-hydroxylation sites is 2. The van der Waals surface area contributed by atoms with Crippen molar-refractivity contribution in [2.24, 2.45) is 0 Å². The Balaban J connectivity index is 1.63. The Morgan fingerprint density at radius 3 is 1.43 bits per heavy atom. The summed E-state index contributed by atoms with van der Waals surface area (Å²) in [5, 5.41) is 0. The molecular weight excluding hydrogens is 446 g/mol. The maximum Gasteiger partial charge on any atom is 0.0502 e. The number of anilines is 3. The number of benzene rings is 5. The zero-order chi connectivity index (χ0) is 25.2. The van der Waals surface area contributed by atoms with Crippen LogP contribution in [0.2, 0.25) is 0 Å². The highest BCUT2D eigenvalue weighted by atomic mass is 15.2. The summed E-state index contributed by atoms with van der Waals surface area (Å²) in [5.41, 5.74) is 11.6. The van der Waals surface area contributed by atoms with Crippen LogP contribution in [-0.4, -0.2) is 0 Å². The summed E-state index contributed by atoms with van der Waals surface area (Å²) in [5.74, 6) is 0. The van der Waals surface area contributed by atoms with Gasteiger partial charge in [-0.05, 0) is 76.6 Å². The van der Waals surface area contributed by atoms with Gasteiger partial charge in [0, 0.05) is 11.1 Å². The lowest BCUT2D eigenvalue weighted by molar-refractivity contribution is 0.447. The third-order valence-electron chi connectivity index (χ3n) is 7.99. The highest BCUT2D eigenvalue weighted by Gasteiger charge is 2.41. The van der Waals surface area contributed by atoms with Crippen molar-refractivity contribution >= 4 is 17.1 Å². The fraction of sp³-hybridized carbons (Fsp3) is 0.167. The molecule has 0 spiro atoms. The van der Waals surface area contributed by atoms with Gasteiger partial charge >= 0.3 is 0 Å². The van der Waals surface area contributed by atoms with Gasteiger partial charge in [-0.3, -0.25) is 0 Å². The molecular formula is C36H33N. The van der Waals surface area contributed by atoms with Crippen molar-refractivity contribution in [3.8, 4) is 22.3 Å².